The van der Waals surface area contributed by atoms with E-state index in [1.54, 1.807) is 7.11 Å². The third kappa shape index (κ3) is 3.47. The molecule has 0 spiro atoms. The smallest absolute Gasteiger partial charge is 0.0587 e. The number of aryl methyl sites for hydroxylation is 1. The first-order valence-electron chi connectivity index (χ1n) is 6.84. The molecular weight excluding hydrogens is 224 g/mol. The Bertz CT molecular complexity index is 379. The average Bonchev–Trinajstić information content (AvgIpc) is 2.39. The predicted molar refractivity (Wildman–Crippen MR) is 76.5 cm³/mol. The minimum atomic E-state index is 0.787. The van der Waals surface area contributed by atoms with Gasteiger partial charge in [-0.3, -0.25) is 0 Å². The maximum absolute atomic E-state index is 5.01. The van der Waals surface area contributed by atoms with Crippen LogP contribution in [0.4, 0.5) is 5.69 Å². The molecule has 0 radical (unpaired) electrons. The van der Waals surface area contributed by atoms with E-state index in [0.29, 0.717) is 0 Å². The minimum absolute atomic E-state index is 0.787. The Labute approximate surface area is 110 Å². The lowest BCUT2D eigenvalue weighted by molar-refractivity contribution is 0.199. The first-order chi connectivity index (χ1) is 8.81. The van der Waals surface area contributed by atoms with Crippen LogP contribution in [0.3, 0.4) is 0 Å². The van der Waals surface area contributed by atoms with Crippen LogP contribution in [-0.2, 0) is 17.6 Å². The summed E-state index contributed by atoms with van der Waals surface area (Å²) >= 11 is 0. The molecule has 18 heavy (non-hydrogen) atoms. The van der Waals surface area contributed by atoms with Gasteiger partial charge in [-0.25, -0.2) is 0 Å². The Morgan fingerprint density at radius 3 is 3.06 bits per heavy atom. The molecule has 1 aliphatic heterocycles. The molecule has 1 aliphatic rings. The number of hydrogen-bond acceptors (Lipinski definition) is 3. The van der Waals surface area contributed by atoms with E-state index in [4.69, 9.17) is 4.74 Å². The molecule has 0 amide bonds. The van der Waals surface area contributed by atoms with Crippen LogP contribution in [0.15, 0.2) is 18.2 Å². The first kappa shape index (κ1) is 13.4. The Kier molecular flexibility index (Phi) is 5.02. The molecule has 3 heteroatoms. The number of nitrogens with one attached hydrogen (secondary N) is 1. The maximum Gasteiger partial charge on any atom is 0.0587 e. The lowest BCUT2D eigenvalue weighted by Gasteiger charge is -2.27. The van der Waals surface area contributed by atoms with E-state index in [1.165, 1.54) is 36.2 Å². The monoisotopic (exact) mass is 248 g/mol. The van der Waals surface area contributed by atoms with Crippen LogP contribution in [0.5, 0.6) is 0 Å². The number of nitrogens with zero attached hydrogens (tertiary/aromatic N) is 1. The van der Waals surface area contributed by atoms with E-state index >= 15 is 0 Å². The minimum Gasteiger partial charge on any atom is -0.383 e. The van der Waals surface area contributed by atoms with Crippen molar-refractivity contribution in [3.05, 3.63) is 29.3 Å². The fourth-order valence-corrected chi connectivity index (χ4v) is 2.53. The number of benzene rings is 1. The van der Waals surface area contributed by atoms with Crippen LogP contribution in [-0.4, -0.2) is 40.4 Å². The van der Waals surface area contributed by atoms with Gasteiger partial charge >= 0.3 is 0 Å². The van der Waals surface area contributed by atoms with Gasteiger partial charge in [0.25, 0.3) is 0 Å². The van der Waals surface area contributed by atoms with Crippen LogP contribution >= 0.6 is 0 Å². The van der Waals surface area contributed by atoms with Crippen LogP contribution in [0.25, 0.3) is 0 Å². The van der Waals surface area contributed by atoms with Gasteiger partial charge in [0.2, 0.25) is 0 Å². The van der Waals surface area contributed by atoms with Crippen molar-refractivity contribution in [3.63, 3.8) is 0 Å². The van der Waals surface area contributed by atoms with Crippen LogP contribution < -0.4 is 10.2 Å². The van der Waals surface area contributed by atoms with E-state index in [9.17, 15) is 0 Å². The highest BCUT2D eigenvalue weighted by atomic mass is 16.5. The predicted octanol–water partition coefficient (Wildman–Crippen LogP) is 1.85. The lowest BCUT2D eigenvalue weighted by Crippen LogP contribution is -2.25. The summed E-state index contributed by atoms with van der Waals surface area (Å²) in [6, 6.07) is 6.92. The molecule has 0 aliphatic carbocycles. The summed E-state index contributed by atoms with van der Waals surface area (Å²) in [6.07, 6.45) is 3.60. The summed E-state index contributed by atoms with van der Waals surface area (Å²) in [4.78, 5) is 2.36. The van der Waals surface area contributed by atoms with Gasteiger partial charge in [0, 0.05) is 32.9 Å². The van der Waals surface area contributed by atoms with Gasteiger partial charge in [-0.2, -0.15) is 0 Å². The number of fused-ring (bicyclic) bond motifs is 1. The van der Waals surface area contributed by atoms with Crippen molar-refractivity contribution in [2.45, 2.75) is 19.3 Å². The molecule has 0 bridgehead atoms. The van der Waals surface area contributed by atoms with Gasteiger partial charge < -0.3 is 15.0 Å². The maximum atomic E-state index is 5.01. The van der Waals surface area contributed by atoms with Crippen molar-refractivity contribution in [1.82, 2.24) is 5.32 Å². The van der Waals surface area contributed by atoms with Crippen LogP contribution in [0, 0.1) is 0 Å². The summed E-state index contributed by atoms with van der Waals surface area (Å²) in [7, 11) is 3.92. The third-order valence-electron chi connectivity index (χ3n) is 3.57. The van der Waals surface area contributed by atoms with Crippen molar-refractivity contribution in [3.8, 4) is 0 Å². The lowest BCUT2D eigenvalue weighted by atomic mass is 9.98. The summed E-state index contributed by atoms with van der Waals surface area (Å²) in [5, 5.41) is 3.39. The zero-order valence-corrected chi connectivity index (χ0v) is 11.5. The standard InChI is InChI=1S/C15H24N2O/c1-17-10-3-4-14-12-13(5-6-15(14)17)7-8-16-9-11-18-2/h5-6,12,16H,3-4,7-11H2,1-2H3. The molecular formula is C15H24N2O. The topological polar surface area (TPSA) is 24.5 Å². The second-order valence-electron chi connectivity index (χ2n) is 4.98. The molecule has 2 rings (SSSR count). The van der Waals surface area contributed by atoms with Gasteiger partial charge in [-0.15, -0.1) is 0 Å². The highest BCUT2D eigenvalue weighted by molar-refractivity contribution is 5.56. The number of rotatable bonds is 6. The zero-order valence-electron chi connectivity index (χ0n) is 11.5. The number of methoxy groups -OCH3 is 1. The molecule has 0 saturated carbocycles. The molecule has 1 aromatic carbocycles. The van der Waals surface area contributed by atoms with Crippen LogP contribution in [0.1, 0.15) is 17.5 Å². The Morgan fingerprint density at radius 1 is 1.33 bits per heavy atom. The highest BCUT2D eigenvalue weighted by Crippen LogP contribution is 2.26. The Hall–Kier alpha value is -1.06. The SMILES string of the molecule is COCCNCCc1ccc2c(c1)CCCN2C. The first-order valence-corrected chi connectivity index (χ1v) is 6.84. The second-order valence-corrected chi connectivity index (χ2v) is 4.98. The van der Waals surface area contributed by atoms with Gasteiger partial charge in [0.1, 0.15) is 0 Å². The molecule has 1 N–H and O–H groups in total. The molecule has 1 heterocycles. The van der Waals surface area contributed by atoms with Crippen molar-refractivity contribution in [2.75, 3.05) is 45.3 Å². The van der Waals surface area contributed by atoms with Gasteiger partial charge in [0.05, 0.1) is 6.61 Å². The van der Waals surface area contributed by atoms with Crippen molar-refractivity contribution >= 4 is 5.69 Å². The molecule has 3 nitrogen and oxygen atoms in total. The van der Waals surface area contributed by atoms with Gasteiger partial charge in [0.15, 0.2) is 0 Å². The number of hydrogen-bond donors (Lipinski definition) is 1. The molecule has 0 atom stereocenters. The summed E-state index contributed by atoms with van der Waals surface area (Å²) in [6.45, 7) is 3.93. The molecule has 100 valence electrons. The largest absolute Gasteiger partial charge is 0.383 e. The van der Waals surface area contributed by atoms with E-state index in [-0.39, 0.29) is 0 Å². The molecule has 0 aromatic heterocycles. The van der Waals surface area contributed by atoms with E-state index in [0.717, 1.165) is 26.1 Å². The van der Waals surface area contributed by atoms with Crippen molar-refractivity contribution in [2.24, 2.45) is 0 Å². The Morgan fingerprint density at radius 2 is 2.22 bits per heavy atom. The molecule has 0 saturated heterocycles. The Balaban J connectivity index is 1.87. The van der Waals surface area contributed by atoms with Gasteiger partial charge in [-0.05, 0) is 43.0 Å². The highest BCUT2D eigenvalue weighted by Gasteiger charge is 2.13. The fourth-order valence-electron chi connectivity index (χ4n) is 2.53. The molecule has 0 unspecified atom stereocenters. The third-order valence-corrected chi connectivity index (χ3v) is 3.57. The normalized spacial score (nSPS) is 14.7. The van der Waals surface area contributed by atoms with Crippen LogP contribution in [0.2, 0.25) is 0 Å². The zero-order chi connectivity index (χ0) is 12.8. The second kappa shape index (κ2) is 6.76. The van der Waals surface area contributed by atoms with E-state index < -0.39 is 0 Å². The fraction of sp³-hybridized carbons (Fsp3) is 0.600. The van der Waals surface area contributed by atoms with Crippen molar-refractivity contribution in [1.29, 1.82) is 0 Å². The molecule has 0 fully saturated rings. The number of anilines is 1. The number of ether oxygens (including phenoxy) is 1. The summed E-state index contributed by atoms with van der Waals surface area (Å²) < 4.78 is 5.01. The summed E-state index contributed by atoms with van der Waals surface area (Å²) in [5.74, 6) is 0. The van der Waals surface area contributed by atoms with E-state index in [1.807, 2.05) is 0 Å². The quantitative estimate of drug-likeness (QED) is 0.778. The average molecular weight is 248 g/mol. The van der Waals surface area contributed by atoms with E-state index in [2.05, 4.69) is 35.5 Å². The van der Waals surface area contributed by atoms with Crippen molar-refractivity contribution < 1.29 is 4.74 Å². The van der Waals surface area contributed by atoms with Gasteiger partial charge in [-0.1, -0.05) is 12.1 Å². The summed E-state index contributed by atoms with van der Waals surface area (Å²) in [5.41, 5.74) is 4.37. The molecule has 1 aromatic rings.